The van der Waals surface area contributed by atoms with Gasteiger partial charge in [0, 0.05) is 65.3 Å². The molecule has 0 saturated heterocycles. The molecule has 6 nitrogen and oxygen atoms in total. The number of rotatable bonds is 10. The quantitative estimate of drug-likeness (QED) is 0.119. The van der Waals surface area contributed by atoms with Gasteiger partial charge in [-0.2, -0.15) is 0 Å². The van der Waals surface area contributed by atoms with Crippen molar-refractivity contribution in [1.29, 1.82) is 0 Å². The molecule has 40 heavy (non-hydrogen) atoms. The van der Waals surface area contributed by atoms with Gasteiger partial charge in [0.05, 0.1) is 3.58 Å². The normalized spacial score (nSPS) is 15.9. The van der Waals surface area contributed by atoms with Gasteiger partial charge in [-0.1, -0.05) is 0 Å². The summed E-state index contributed by atoms with van der Waals surface area (Å²) in [4.78, 5) is 0. The Morgan fingerprint density at radius 1 is 0.800 bits per heavy atom. The second kappa shape index (κ2) is 12.2. The summed E-state index contributed by atoms with van der Waals surface area (Å²) >= 11 is 4.96. The molecule has 0 fully saturated rings. The summed E-state index contributed by atoms with van der Waals surface area (Å²) < 4.78 is 25.5. The summed E-state index contributed by atoms with van der Waals surface area (Å²) in [7, 11) is 4.10. The molecule has 2 aliphatic rings. The van der Waals surface area contributed by atoms with Gasteiger partial charge in [-0.15, -0.1) is 0 Å². The van der Waals surface area contributed by atoms with Gasteiger partial charge in [-0.3, -0.25) is 0 Å². The van der Waals surface area contributed by atoms with Crippen molar-refractivity contribution in [1.82, 2.24) is 4.48 Å². The van der Waals surface area contributed by atoms with E-state index in [4.69, 9.17) is 9.31 Å². The monoisotopic (exact) mass is 764 g/mol. The van der Waals surface area contributed by atoms with Gasteiger partial charge >= 0.3 is 6.82 Å². The predicted octanol–water partition coefficient (Wildman–Crippen LogP) is 5.49. The highest BCUT2D eigenvalue weighted by atomic mass is 127. The zero-order valence-corrected chi connectivity index (χ0v) is 28.7. The Morgan fingerprint density at radius 3 is 1.80 bits per heavy atom. The molecule has 0 spiro atoms. The molecule has 0 unspecified atom stereocenters. The SMILES string of the molecule is CC1=C(I)C(C)=[N+]2C1=Cc1c(C)c(I)c(C)n1[B-]2(OCCCc1cc[n+](C)cc1)OCCCc1cc[n+](C)cc1. The minimum Gasteiger partial charge on any atom is -0.483 e. The topological polar surface area (TPSA) is 34.2 Å². The van der Waals surface area contributed by atoms with E-state index in [9.17, 15) is 0 Å². The molecule has 210 valence electrons. The minimum atomic E-state index is -2.01. The van der Waals surface area contributed by atoms with Gasteiger partial charge in [0.15, 0.2) is 30.5 Å². The summed E-state index contributed by atoms with van der Waals surface area (Å²) in [6.45, 7) is 8.04. The molecule has 2 aliphatic heterocycles. The number of allylic oxidation sites excluding steroid dienone is 2. The average molecular weight is 764 g/mol. The van der Waals surface area contributed by atoms with E-state index in [1.165, 1.54) is 52.2 Å². The first-order chi connectivity index (χ1) is 19.1. The molecule has 3 aromatic rings. The second-order valence-electron chi connectivity index (χ2n) is 11.0. The van der Waals surface area contributed by atoms with E-state index in [1.54, 1.807) is 0 Å². The van der Waals surface area contributed by atoms with Gasteiger partial charge in [0.1, 0.15) is 19.8 Å². The van der Waals surface area contributed by atoms with Crippen LogP contribution in [0, 0.1) is 17.4 Å². The van der Waals surface area contributed by atoms with E-state index < -0.39 is 6.82 Å². The maximum Gasteiger partial charge on any atom is 0.666 e. The molecular formula is C31H39BI2N4O2+2. The molecule has 3 aromatic heterocycles. The van der Waals surface area contributed by atoms with Crippen LogP contribution in [0.1, 0.15) is 54.8 Å². The molecule has 0 N–H and O–H groups in total. The van der Waals surface area contributed by atoms with Gasteiger partial charge in [-0.25, -0.2) is 9.13 Å². The zero-order valence-electron chi connectivity index (χ0n) is 24.4. The lowest BCUT2D eigenvalue weighted by molar-refractivity contribution is -0.671. The highest BCUT2D eigenvalue weighted by molar-refractivity contribution is 14.1. The summed E-state index contributed by atoms with van der Waals surface area (Å²) in [5.74, 6) is 0. The fraction of sp³-hybridized carbons (Fsp3) is 0.387. The maximum absolute atomic E-state index is 7.07. The van der Waals surface area contributed by atoms with E-state index in [0.29, 0.717) is 13.2 Å². The fourth-order valence-electron chi connectivity index (χ4n) is 5.91. The summed E-state index contributed by atoms with van der Waals surface area (Å²) in [5.41, 5.74) is 9.99. The van der Waals surface area contributed by atoms with Crippen molar-refractivity contribution in [3.63, 3.8) is 0 Å². The molecule has 0 aromatic carbocycles. The smallest absolute Gasteiger partial charge is 0.483 e. The number of aryl methyl sites for hydroxylation is 4. The second-order valence-corrected chi connectivity index (χ2v) is 13.2. The summed E-state index contributed by atoms with van der Waals surface area (Å²) in [6, 6.07) is 8.76. The Balaban J connectivity index is 1.48. The summed E-state index contributed by atoms with van der Waals surface area (Å²) in [5, 5.41) is 0. The van der Waals surface area contributed by atoms with Crippen LogP contribution in [0.5, 0.6) is 0 Å². The molecule has 5 heterocycles. The van der Waals surface area contributed by atoms with Crippen molar-refractivity contribution in [3.8, 4) is 0 Å². The molecule has 5 rings (SSSR count). The molecule has 0 radical (unpaired) electrons. The molecule has 0 amide bonds. The van der Waals surface area contributed by atoms with Crippen molar-refractivity contribution in [2.45, 2.75) is 53.4 Å². The lowest BCUT2D eigenvalue weighted by Crippen LogP contribution is -2.62. The number of hydrogen-bond acceptors (Lipinski definition) is 2. The van der Waals surface area contributed by atoms with E-state index in [-0.39, 0.29) is 0 Å². The van der Waals surface area contributed by atoms with Gasteiger partial charge in [0.25, 0.3) is 0 Å². The first-order valence-electron chi connectivity index (χ1n) is 14.0. The number of pyridine rings is 2. The third-order valence-corrected chi connectivity index (χ3v) is 11.4. The van der Waals surface area contributed by atoms with Crippen molar-refractivity contribution in [2.75, 3.05) is 13.2 Å². The molecular weight excluding hydrogens is 725 g/mol. The van der Waals surface area contributed by atoms with Crippen molar-refractivity contribution >= 4 is 63.8 Å². The number of fused-ring (bicyclic) bond motifs is 2. The number of hydrogen-bond donors (Lipinski definition) is 0. The number of aromatic nitrogens is 3. The number of halogens is 2. The third-order valence-electron chi connectivity index (χ3n) is 8.21. The molecule has 0 aliphatic carbocycles. The Kier molecular flexibility index (Phi) is 9.04. The highest BCUT2D eigenvalue weighted by Gasteiger charge is 2.55. The van der Waals surface area contributed by atoms with E-state index >= 15 is 0 Å². The fourth-order valence-corrected chi connectivity index (χ4v) is 6.99. The first kappa shape index (κ1) is 29.7. The first-order valence-corrected chi connectivity index (χ1v) is 16.2. The van der Waals surface area contributed by atoms with E-state index in [2.05, 4.69) is 160 Å². The van der Waals surface area contributed by atoms with Crippen LogP contribution in [0.3, 0.4) is 0 Å². The molecule has 0 saturated carbocycles. The standard InChI is InChI=1S/C31H39BI2N4O2/c1-22-28-21-29-23(2)31(34)25(4)38(29)32(37(28)24(3)30(22)33,39-19-7-9-26-11-15-35(5)16-12-26)40-20-8-10-27-13-17-36(6)18-14-27/h11-18,21H,7-10,19-20H2,1-6H3/q+2. The minimum absolute atomic E-state index is 0.607. The largest absolute Gasteiger partial charge is 0.666 e. The van der Waals surface area contributed by atoms with Crippen molar-refractivity contribution in [2.24, 2.45) is 14.1 Å². The molecule has 0 bridgehead atoms. The van der Waals surface area contributed by atoms with Crippen molar-refractivity contribution < 1.29 is 22.9 Å². The molecule has 9 heteroatoms. The van der Waals surface area contributed by atoms with Crippen LogP contribution < -0.4 is 9.13 Å². The van der Waals surface area contributed by atoms with Crippen LogP contribution in [-0.4, -0.2) is 34.7 Å². The van der Waals surface area contributed by atoms with E-state index in [0.717, 1.165) is 25.7 Å². The van der Waals surface area contributed by atoms with Gasteiger partial charge < -0.3 is 18.3 Å². The highest BCUT2D eigenvalue weighted by Crippen LogP contribution is 2.41. The van der Waals surface area contributed by atoms with Crippen LogP contribution in [0.15, 0.2) is 63.9 Å². The Bertz CT molecular complexity index is 1470. The lowest BCUT2D eigenvalue weighted by Gasteiger charge is -2.42. The Hall–Kier alpha value is -1.83. The van der Waals surface area contributed by atoms with Crippen LogP contribution >= 0.6 is 45.2 Å². The van der Waals surface area contributed by atoms with Gasteiger partial charge in [-0.05, 0) is 114 Å². The van der Waals surface area contributed by atoms with Crippen LogP contribution in [0.2, 0.25) is 0 Å². The summed E-state index contributed by atoms with van der Waals surface area (Å²) in [6.07, 6.45) is 14.5. The number of nitrogens with zero attached hydrogens (tertiary/aromatic N) is 4. The van der Waals surface area contributed by atoms with Gasteiger partial charge in [0.2, 0.25) is 0 Å². The zero-order chi connectivity index (χ0) is 28.6. The third kappa shape index (κ3) is 5.50. The maximum atomic E-state index is 7.07. The van der Waals surface area contributed by atoms with Crippen LogP contribution in [-0.2, 0) is 36.2 Å². The van der Waals surface area contributed by atoms with Crippen LogP contribution in [0.25, 0.3) is 6.08 Å². The average Bonchev–Trinajstić information content (AvgIpc) is 3.31. The van der Waals surface area contributed by atoms with E-state index in [1.807, 2.05) is 0 Å². The predicted molar refractivity (Wildman–Crippen MR) is 177 cm³/mol. The van der Waals surface area contributed by atoms with Crippen LogP contribution in [0.4, 0.5) is 0 Å². The Morgan fingerprint density at radius 2 is 1.30 bits per heavy atom. The lowest BCUT2D eigenvalue weighted by atomic mass is 9.81. The Labute approximate surface area is 265 Å². The molecule has 0 atom stereocenters. The van der Waals surface area contributed by atoms with Crippen molar-refractivity contribution in [3.05, 3.63) is 95.6 Å².